The summed E-state index contributed by atoms with van der Waals surface area (Å²) in [5.41, 5.74) is 2.58. The number of aromatic nitrogens is 1. The molecule has 0 unspecified atom stereocenters. The van der Waals surface area contributed by atoms with Crippen molar-refractivity contribution >= 4 is 47.8 Å². The maximum Gasteiger partial charge on any atom is 0.144 e. The number of ether oxygens (including phenoxy) is 1. The smallest absolute Gasteiger partial charge is 0.144 e. The molecule has 136 valence electrons. The number of halogens is 3. The molecule has 2 rings (SSSR count). The van der Waals surface area contributed by atoms with Gasteiger partial charge in [0.1, 0.15) is 11.4 Å². The molecule has 0 aliphatic carbocycles. The molecule has 6 heteroatoms. The van der Waals surface area contributed by atoms with Gasteiger partial charge in [-0.2, -0.15) is 0 Å². The van der Waals surface area contributed by atoms with Gasteiger partial charge in [-0.1, -0.05) is 41.4 Å². The summed E-state index contributed by atoms with van der Waals surface area (Å²) in [6, 6.07) is 9.46. The topological polar surface area (TPSA) is 25.4 Å². The minimum Gasteiger partial charge on any atom is -0.491 e. The van der Waals surface area contributed by atoms with Crippen LogP contribution in [-0.2, 0) is 0 Å². The molecule has 0 spiro atoms. The lowest BCUT2D eigenvalue weighted by atomic mass is 10.2. The van der Waals surface area contributed by atoms with E-state index >= 15 is 0 Å². The van der Waals surface area contributed by atoms with Crippen LogP contribution in [-0.4, -0.2) is 37.1 Å². The Bertz CT molecular complexity index is 718. The molecule has 2 aromatic rings. The summed E-state index contributed by atoms with van der Waals surface area (Å²) < 4.78 is 5.89. The number of hydrogen-bond acceptors (Lipinski definition) is 3. The maximum atomic E-state index is 6.22. The third-order valence-electron chi connectivity index (χ3n) is 3.43. The van der Waals surface area contributed by atoms with Gasteiger partial charge in [-0.05, 0) is 57.3 Å². The van der Waals surface area contributed by atoms with E-state index in [1.54, 1.807) is 6.07 Å². The third kappa shape index (κ3) is 6.87. The highest BCUT2D eigenvalue weighted by Crippen LogP contribution is 2.28. The Labute approximate surface area is 166 Å². The van der Waals surface area contributed by atoms with Crippen molar-refractivity contribution in [1.29, 1.82) is 0 Å². The lowest BCUT2D eigenvalue weighted by Gasteiger charge is -2.12. The van der Waals surface area contributed by atoms with Crippen LogP contribution in [0, 0.1) is 6.92 Å². The Hall–Kier alpha value is -1.26. The van der Waals surface area contributed by atoms with Crippen LogP contribution in [0.25, 0.3) is 12.2 Å². The van der Waals surface area contributed by atoms with Crippen LogP contribution in [0.5, 0.6) is 5.75 Å². The van der Waals surface area contributed by atoms with Gasteiger partial charge in [0, 0.05) is 12.2 Å². The van der Waals surface area contributed by atoms with Crippen molar-refractivity contribution in [2.75, 3.05) is 27.2 Å². The van der Waals surface area contributed by atoms with Crippen molar-refractivity contribution in [3.8, 4) is 5.75 Å². The largest absolute Gasteiger partial charge is 0.491 e. The molecular formula is C19H23Cl3N2O. The average molecular weight is 402 g/mol. The van der Waals surface area contributed by atoms with Gasteiger partial charge in [-0.25, -0.2) is 4.98 Å². The van der Waals surface area contributed by atoms with E-state index in [1.165, 1.54) is 0 Å². The van der Waals surface area contributed by atoms with Gasteiger partial charge in [0.2, 0.25) is 0 Å². The Balaban J connectivity index is 0.00000312. The van der Waals surface area contributed by atoms with Crippen LogP contribution < -0.4 is 4.74 Å². The van der Waals surface area contributed by atoms with E-state index in [0.717, 1.165) is 35.7 Å². The van der Waals surface area contributed by atoms with Crippen molar-refractivity contribution in [2.24, 2.45) is 0 Å². The second-order valence-electron chi connectivity index (χ2n) is 5.82. The van der Waals surface area contributed by atoms with E-state index in [9.17, 15) is 0 Å². The summed E-state index contributed by atoms with van der Waals surface area (Å²) >= 11 is 12.3. The minimum atomic E-state index is 0. The van der Waals surface area contributed by atoms with E-state index in [4.69, 9.17) is 27.9 Å². The van der Waals surface area contributed by atoms with E-state index in [0.29, 0.717) is 16.7 Å². The lowest BCUT2D eigenvalue weighted by Crippen LogP contribution is -2.15. The number of aryl methyl sites for hydroxylation is 1. The monoisotopic (exact) mass is 400 g/mol. The van der Waals surface area contributed by atoms with Gasteiger partial charge >= 0.3 is 0 Å². The first-order valence-electron chi connectivity index (χ1n) is 7.84. The van der Waals surface area contributed by atoms with Crippen molar-refractivity contribution in [3.05, 3.63) is 57.3 Å². The number of hydrogen-bond donors (Lipinski definition) is 0. The van der Waals surface area contributed by atoms with Gasteiger partial charge in [-0.3, -0.25) is 0 Å². The summed E-state index contributed by atoms with van der Waals surface area (Å²) in [5.74, 6) is 0.772. The zero-order valence-electron chi connectivity index (χ0n) is 14.6. The van der Waals surface area contributed by atoms with Gasteiger partial charge in [-0.15, -0.1) is 12.4 Å². The first-order valence-corrected chi connectivity index (χ1v) is 8.60. The molecule has 25 heavy (non-hydrogen) atoms. The fraction of sp³-hybridized carbons (Fsp3) is 0.316. The molecule has 0 radical (unpaired) electrons. The number of nitrogens with zero attached hydrogens (tertiary/aromatic N) is 2. The highest BCUT2D eigenvalue weighted by Gasteiger charge is 2.05. The van der Waals surface area contributed by atoms with Crippen LogP contribution in [0.3, 0.4) is 0 Å². The van der Waals surface area contributed by atoms with Crippen molar-refractivity contribution in [2.45, 2.75) is 13.3 Å². The van der Waals surface area contributed by atoms with Crippen molar-refractivity contribution in [1.82, 2.24) is 9.88 Å². The minimum absolute atomic E-state index is 0. The van der Waals surface area contributed by atoms with Gasteiger partial charge in [0.15, 0.2) is 0 Å². The second kappa shape index (κ2) is 10.7. The Morgan fingerprint density at radius 1 is 1.12 bits per heavy atom. The molecule has 0 saturated heterocycles. The molecule has 0 atom stereocenters. The predicted octanol–water partition coefficient (Wildman–Crippen LogP) is 5.62. The van der Waals surface area contributed by atoms with E-state index in [-0.39, 0.29) is 12.4 Å². The van der Waals surface area contributed by atoms with Crippen molar-refractivity contribution in [3.63, 3.8) is 0 Å². The van der Waals surface area contributed by atoms with Crippen LogP contribution in [0.15, 0.2) is 30.3 Å². The van der Waals surface area contributed by atoms with Gasteiger partial charge in [0.05, 0.1) is 16.7 Å². The van der Waals surface area contributed by atoms with E-state index in [1.807, 2.05) is 43.3 Å². The standard InChI is InChI=1S/C19H22Cl2N2O.ClH/c1-14-8-11-18(24-13-5-12-23(2)3)17(22-14)10-9-15-6-4-7-16(20)19(15)21;/h4,6-11H,5,12-13H2,1-3H3;1H/b10-9+;. The number of benzene rings is 1. The summed E-state index contributed by atoms with van der Waals surface area (Å²) in [6.07, 6.45) is 4.78. The highest BCUT2D eigenvalue weighted by molar-refractivity contribution is 6.42. The molecule has 0 fully saturated rings. The zero-order chi connectivity index (χ0) is 17.5. The summed E-state index contributed by atoms with van der Waals surface area (Å²) in [5, 5.41) is 1.08. The molecule has 0 bridgehead atoms. The summed E-state index contributed by atoms with van der Waals surface area (Å²) in [7, 11) is 4.10. The maximum absolute atomic E-state index is 6.22. The molecule has 0 aliphatic heterocycles. The van der Waals surface area contributed by atoms with Crippen LogP contribution in [0.4, 0.5) is 0 Å². The van der Waals surface area contributed by atoms with Crippen LogP contribution in [0.2, 0.25) is 10.0 Å². The Kier molecular flexibility index (Phi) is 9.30. The fourth-order valence-corrected chi connectivity index (χ4v) is 2.56. The average Bonchev–Trinajstić information content (AvgIpc) is 2.54. The predicted molar refractivity (Wildman–Crippen MR) is 110 cm³/mol. The molecule has 1 heterocycles. The molecule has 0 saturated carbocycles. The molecule has 3 nitrogen and oxygen atoms in total. The molecule has 0 aliphatic rings. The molecule has 0 amide bonds. The number of pyridine rings is 1. The van der Waals surface area contributed by atoms with E-state index < -0.39 is 0 Å². The number of rotatable bonds is 7. The second-order valence-corrected chi connectivity index (χ2v) is 6.60. The molecule has 1 aromatic carbocycles. The summed E-state index contributed by atoms with van der Waals surface area (Å²) in [6.45, 7) is 3.60. The SMILES string of the molecule is Cc1ccc(OCCCN(C)C)c(/C=C/c2cccc(Cl)c2Cl)n1.Cl. The van der Waals surface area contributed by atoms with Crippen LogP contribution in [0.1, 0.15) is 23.4 Å². The molecular weight excluding hydrogens is 379 g/mol. The van der Waals surface area contributed by atoms with Crippen molar-refractivity contribution < 1.29 is 4.74 Å². The van der Waals surface area contributed by atoms with Gasteiger partial charge in [0.25, 0.3) is 0 Å². The van der Waals surface area contributed by atoms with Gasteiger partial charge < -0.3 is 9.64 Å². The molecule has 1 aromatic heterocycles. The first-order chi connectivity index (χ1) is 11.5. The quantitative estimate of drug-likeness (QED) is 0.563. The lowest BCUT2D eigenvalue weighted by molar-refractivity contribution is 0.280. The Morgan fingerprint density at radius 3 is 2.60 bits per heavy atom. The summed E-state index contributed by atoms with van der Waals surface area (Å²) in [4.78, 5) is 6.69. The highest BCUT2D eigenvalue weighted by atomic mass is 35.5. The molecule has 0 N–H and O–H groups in total. The normalized spacial score (nSPS) is 11.0. The fourth-order valence-electron chi connectivity index (χ4n) is 2.19. The first kappa shape index (κ1) is 21.8. The Morgan fingerprint density at radius 2 is 1.88 bits per heavy atom. The van der Waals surface area contributed by atoms with E-state index in [2.05, 4.69) is 24.0 Å². The third-order valence-corrected chi connectivity index (χ3v) is 4.27. The zero-order valence-corrected chi connectivity index (χ0v) is 17.0. The van der Waals surface area contributed by atoms with Crippen LogP contribution >= 0.6 is 35.6 Å².